The molecule has 2 fully saturated rings. The molecular formula is C9H14O5. The number of hydrogen-bond donors (Lipinski definition) is 1. The Balaban J connectivity index is 2.24. The third kappa shape index (κ3) is 1.27. The van der Waals surface area contributed by atoms with Gasteiger partial charge in [0.2, 0.25) is 0 Å². The van der Waals surface area contributed by atoms with E-state index in [-0.39, 0.29) is 5.92 Å². The normalized spacial score (nSPS) is 45.3. The lowest BCUT2D eigenvalue weighted by Crippen LogP contribution is -2.56. The summed E-state index contributed by atoms with van der Waals surface area (Å²) >= 11 is 0. The first kappa shape index (κ1) is 9.73. The Labute approximate surface area is 81.9 Å². The zero-order valence-electron chi connectivity index (χ0n) is 8.39. The summed E-state index contributed by atoms with van der Waals surface area (Å²) < 4.78 is 15.1. The van der Waals surface area contributed by atoms with Crippen LogP contribution in [-0.2, 0) is 14.2 Å². The Morgan fingerprint density at radius 3 is 2.50 bits per heavy atom. The van der Waals surface area contributed by atoms with Gasteiger partial charge in [0.25, 0.3) is 0 Å². The number of fused-ring (bicyclic) bond motifs is 1. The molecule has 0 bridgehead atoms. The van der Waals surface area contributed by atoms with E-state index in [0.29, 0.717) is 0 Å². The van der Waals surface area contributed by atoms with Crippen LogP contribution in [0.2, 0.25) is 0 Å². The summed E-state index contributed by atoms with van der Waals surface area (Å²) in [6, 6.07) is 0. The van der Waals surface area contributed by atoms with Crippen molar-refractivity contribution in [2.24, 2.45) is 5.92 Å². The van der Waals surface area contributed by atoms with Crippen molar-refractivity contribution in [1.29, 1.82) is 0 Å². The van der Waals surface area contributed by atoms with Gasteiger partial charge in [-0.25, -0.2) is 4.79 Å². The van der Waals surface area contributed by atoms with Gasteiger partial charge in [-0.3, -0.25) is 0 Å². The predicted molar refractivity (Wildman–Crippen MR) is 45.5 cm³/mol. The van der Waals surface area contributed by atoms with Crippen LogP contribution in [0.5, 0.6) is 0 Å². The minimum absolute atomic E-state index is 0.0117. The summed E-state index contributed by atoms with van der Waals surface area (Å²) in [6.45, 7) is 5.61. The maximum absolute atomic E-state index is 10.9. The number of rotatable bonds is 0. The van der Waals surface area contributed by atoms with E-state index in [2.05, 4.69) is 0 Å². The standard InChI is InChI=1S/C9H14O5/c1-4-5-6(13-8(11)12-5)7(10)14-9(4,2)3/h4-7,10H,1-3H3/t4-,5+,6?,7?/m1/s1. The summed E-state index contributed by atoms with van der Waals surface area (Å²) in [5.74, 6) is -0.0117. The highest BCUT2D eigenvalue weighted by Crippen LogP contribution is 2.39. The largest absolute Gasteiger partial charge is 0.509 e. The van der Waals surface area contributed by atoms with E-state index in [1.165, 1.54) is 0 Å². The summed E-state index contributed by atoms with van der Waals surface area (Å²) in [7, 11) is 0. The fraction of sp³-hybridized carbons (Fsp3) is 0.889. The van der Waals surface area contributed by atoms with Gasteiger partial charge in [-0.1, -0.05) is 6.92 Å². The Morgan fingerprint density at radius 2 is 1.86 bits per heavy atom. The van der Waals surface area contributed by atoms with E-state index < -0.39 is 30.3 Å². The number of carbonyl (C=O) groups excluding carboxylic acids is 1. The second-order valence-corrected chi connectivity index (χ2v) is 4.32. The van der Waals surface area contributed by atoms with Crippen molar-refractivity contribution < 1.29 is 24.1 Å². The van der Waals surface area contributed by atoms with Gasteiger partial charge in [0.05, 0.1) is 5.60 Å². The first-order valence-corrected chi connectivity index (χ1v) is 4.65. The van der Waals surface area contributed by atoms with Gasteiger partial charge in [0.1, 0.15) is 0 Å². The SMILES string of the molecule is C[C@@H]1[C@@H]2OC(=O)OC2C(O)OC1(C)C. The quantitative estimate of drug-likeness (QED) is 0.584. The van der Waals surface area contributed by atoms with Crippen LogP contribution in [0.4, 0.5) is 4.79 Å². The number of carbonyl (C=O) groups is 1. The molecule has 2 rings (SSSR count). The van der Waals surface area contributed by atoms with Crippen LogP contribution in [0.3, 0.4) is 0 Å². The molecule has 2 unspecified atom stereocenters. The van der Waals surface area contributed by atoms with Crippen LogP contribution in [0, 0.1) is 5.92 Å². The lowest BCUT2D eigenvalue weighted by atomic mass is 9.82. The van der Waals surface area contributed by atoms with Crippen molar-refractivity contribution in [2.45, 2.75) is 44.9 Å². The van der Waals surface area contributed by atoms with Gasteiger partial charge in [-0.05, 0) is 13.8 Å². The molecule has 0 aromatic carbocycles. The average Bonchev–Trinajstić information content (AvgIpc) is 2.43. The maximum atomic E-state index is 10.9. The van der Waals surface area contributed by atoms with Crippen molar-refractivity contribution in [3.8, 4) is 0 Å². The van der Waals surface area contributed by atoms with Gasteiger partial charge in [-0.2, -0.15) is 0 Å². The summed E-state index contributed by atoms with van der Waals surface area (Å²) in [5.41, 5.74) is -0.519. The molecule has 0 aromatic heterocycles. The lowest BCUT2D eigenvalue weighted by Gasteiger charge is -2.43. The van der Waals surface area contributed by atoms with Crippen molar-refractivity contribution in [3.05, 3.63) is 0 Å². The van der Waals surface area contributed by atoms with E-state index in [9.17, 15) is 9.90 Å². The second-order valence-electron chi connectivity index (χ2n) is 4.32. The summed E-state index contributed by atoms with van der Waals surface area (Å²) in [6.07, 6.45) is -2.93. The predicted octanol–water partition coefficient (Wildman–Crippen LogP) is 0.654. The Bertz CT molecular complexity index is 262. The van der Waals surface area contributed by atoms with Gasteiger partial charge in [0, 0.05) is 5.92 Å². The first-order chi connectivity index (χ1) is 6.42. The molecule has 0 saturated carbocycles. The second kappa shape index (κ2) is 2.84. The molecule has 2 aliphatic rings. The van der Waals surface area contributed by atoms with Crippen molar-refractivity contribution in [3.63, 3.8) is 0 Å². The molecule has 4 atom stereocenters. The van der Waals surface area contributed by atoms with Crippen molar-refractivity contribution in [2.75, 3.05) is 0 Å². The highest BCUT2D eigenvalue weighted by atomic mass is 16.8. The molecule has 5 nitrogen and oxygen atoms in total. The third-order valence-corrected chi connectivity index (χ3v) is 3.08. The first-order valence-electron chi connectivity index (χ1n) is 4.65. The molecule has 2 aliphatic heterocycles. The van der Waals surface area contributed by atoms with Crippen LogP contribution >= 0.6 is 0 Å². The van der Waals surface area contributed by atoms with Crippen LogP contribution in [-0.4, -0.2) is 35.4 Å². The van der Waals surface area contributed by atoms with Gasteiger partial charge >= 0.3 is 6.16 Å². The van der Waals surface area contributed by atoms with Crippen LogP contribution < -0.4 is 0 Å². The number of aliphatic hydroxyl groups is 1. The van der Waals surface area contributed by atoms with E-state index in [1.54, 1.807) is 0 Å². The molecule has 0 aliphatic carbocycles. The third-order valence-electron chi connectivity index (χ3n) is 3.08. The van der Waals surface area contributed by atoms with Crippen molar-refractivity contribution >= 4 is 6.16 Å². The fourth-order valence-electron chi connectivity index (χ4n) is 1.87. The molecule has 0 radical (unpaired) electrons. The molecule has 0 aromatic rings. The molecular weight excluding hydrogens is 188 g/mol. The molecule has 80 valence electrons. The monoisotopic (exact) mass is 202 g/mol. The minimum Gasteiger partial charge on any atom is -0.426 e. The lowest BCUT2D eigenvalue weighted by molar-refractivity contribution is -0.270. The zero-order chi connectivity index (χ0) is 10.5. The molecule has 5 heteroatoms. The average molecular weight is 202 g/mol. The van der Waals surface area contributed by atoms with Crippen molar-refractivity contribution in [1.82, 2.24) is 0 Å². The van der Waals surface area contributed by atoms with E-state index in [0.717, 1.165) is 0 Å². The smallest absolute Gasteiger partial charge is 0.426 e. The number of ether oxygens (including phenoxy) is 3. The van der Waals surface area contributed by atoms with Crippen LogP contribution in [0.15, 0.2) is 0 Å². The van der Waals surface area contributed by atoms with E-state index in [1.807, 2.05) is 20.8 Å². The van der Waals surface area contributed by atoms with Gasteiger partial charge in [-0.15, -0.1) is 0 Å². The highest BCUT2D eigenvalue weighted by molar-refractivity contribution is 5.62. The highest BCUT2D eigenvalue weighted by Gasteiger charge is 2.54. The number of aliphatic hydroxyl groups excluding tert-OH is 1. The van der Waals surface area contributed by atoms with Gasteiger partial charge < -0.3 is 19.3 Å². The summed E-state index contributed by atoms with van der Waals surface area (Å²) in [4.78, 5) is 10.9. The molecule has 14 heavy (non-hydrogen) atoms. The molecule has 2 saturated heterocycles. The Hall–Kier alpha value is -0.810. The fourth-order valence-corrected chi connectivity index (χ4v) is 1.87. The zero-order valence-corrected chi connectivity index (χ0v) is 8.39. The Kier molecular flexibility index (Phi) is 1.97. The minimum atomic E-state index is -1.10. The van der Waals surface area contributed by atoms with E-state index >= 15 is 0 Å². The molecule has 0 amide bonds. The van der Waals surface area contributed by atoms with Crippen LogP contribution in [0.1, 0.15) is 20.8 Å². The topological polar surface area (TPSA) is 65.0 Å². The Morgan fingerprint density at radius 1 is 1.29 bits per heavy atom. The molecule has 1 N–H and O–H groups in total. The van der Waals surface area contributed by atoms with E-state index in [4.69, 9.17) is 14.2 Å². The maximum Gasteiger partial charge on any atom is 0.509 e. The summed E-state index contributed by atoms with van der Waals surface area (Å²) in [5, 5.41) is 9.57. The number of hydrogen-bond acceptors (Lipinski definition) is 5. The van der Waals surface area contributed by atoms with Crippen LogP contribution in [0.25, 0.3) is 0 Å². The molecule has 0 spiro atoms. The molecule has 2 heterocycles. The van der Waals surface area contributed by atoms with Gasteiger partial charge in [0.15, 0.2) is 18.5 Å².